The first-order valence-corrected chi connectivity index (χ1v) is 6.81. The van der Waals surface area contributed by atoms with E-state index in [2.05, 4.69) is 0 Å². The minimum Gasteiger partial charge on any atom is -0.396 e. The Kier molecular flexibility index (Phi) is 3.58. The molecule has 0 aromatic heterocycles. The van der Waals surface area contributed by atoms with Crippen LogP contribution >= 0.6 is 0 Å². The number of nitrogen functional groups attached to an aromatic ring is 1. The van der Waals surface area contributed by atoms with Crippen LogP contribution in [0, 0.1) is 17.5 Å². The van der Waals surface area contributed by atoms with E-state index in [0.29, 0.717) is 12.1 Å². The van der Waals surface area contributed by atoms with E-state index in [9.17, 15) is 21.6 Å². The average Bonchev–Trinajstić information content (AvgIpc) is 2.36. The van der Waals surface area contributed by atoms with Crippen LogP contribution in [0.25, 0.3) is 0 Å². The molecule has 0 saturated heterocycles. The summed E-state index contributed by atoms with van der Waals surface area (Å²) in [5, 5.41) is 0. The molecule has 20 heavy (non-hydrogen) atoms. The Hall–Kier alpha value is -2.22. The van der Waals surface area contributed by atoms with Gasteiger partial charge in [0.15, 0.2) is 0 Å². The number of hydrogen-bond acceptors (Lipinski definition) is 3. The van der Waals surface area contributed by atoms with Crippen LogP contribution in [0.2, 0.25) is 0 Å². The number of rotatable bonds is 3. The number of halogens is 3. The smallest absolute Gasteiger partial charge is 0.264 e. The zero-order valence-electron chi connectivity index (χ0n) is 9.90. The zero-order valence-corrected chi connectivity index (χ0v) is 10.7. The first-order chi connectivity index (χ1) is 9.31. The van der Waals surface area contributed by atoms with Crippen molar-refractivity contribution < 1.29 is 21.6 Å². The molecule has 106 valence electrons. The lowest BCUT2D eigenvalue weighted by Gasteiger charge is -2.10. The predicted molar refractivity (Wildman–Crippen MR) is 68.0 cm³/mol. The summed E-state index contributed by atoms with van der Waals surface area (Å²) in [5.41, 5.74) is 4.32. The number of sulfonamides is 1. The van der Waals surface area contributed by atoms with Gasteiger partial charge in [0.05, 0.1) is 11.4 Å². The fraction of sp³-hybridized carbons (Fsp3) is 0. The summed E-state index contributed by atoms with van der Waals surface area (Å²) >= 11 is 0. The highest BCUT2D eigenvalue weighted by molar-refractivity contribution is 7.92. The first-order valence-electron chi connectivity index (χ1n) is 5.33. The van der Waals surface area contributed by atoms with E-state index in [0.717, 1.165) is 12.1 Å². The third-order valence-corrected chi connectivity index (χ3v) is 3.84. The van der Waals surface area contributed by atoms with Crippen LogP contribution in [0.5, 0.6) is 0 Å². The molecular weight excluding hydrogens is 293 g/mol. The molecule has 3 N–H and O–H groups in total. The van der Waals surface area contributed by atoms with Crippen LogP contribution in [-0.4, -0.2) is 8.42 Å². The maximum absolute atomic E-state index is 13.5. The van der Waals surface area contributed by atoms with Crippen molar-refractivity contribution in [3.05, 3.63) is 53.8 Å². The van der Waals surface area contributed by atoms with Crippen molar-refractivity contribution in [2.75, 3.05) is 10.5 Å². The maximum atomic E-state index is 13.5. The van der Waals surface area contributed by atoms with Gasteiger partial charge in [-0.25, -0.2) is 21.6 Å². The molecule has 8 heteroatoms. The summed E-state index contributed by atoms with van der Waals surface area (Å²) in [7, 11) is -4.42. The highest BCUT2D eigenvalue weighted by atomic mass is 32.2. The molecule has 0 fully saturated rings. The molecule has 0 unspecified atom stereocenters. The molecule has 0 bridgehead atoms. The quantitative estimate of drug-likeness (QED) is 0.856. The van der Waals surface area contributed by atoms with Gasteiger partial charge in [0, 0.05) is 6.07 Å². The van der Waals surface area contributed by atoms with Gasteiger partial charge < -0.3 is 5.73 Å². The Morgan fingerprint density at radius 1 is 0.950 bits per heavy atom. The van der Waals surface area contributed by atoms with Gasteiger partial charge in [0.2, 0.25) is 0 Å². The third kappa shape index (κ3) is 2.69. The molecule has 2 aromatic rings. The maximum Gasteiger partial charge on any atom is 0.264 e. The number of anilines is 2. The molecule has 0 aliphatic heterocycles. The van der Waals surface area contributed by atoms with Crippen molar-refractivity contribution in [1.82, 2.24) is 0 Å². The second-order valence-corrected chi connectivity index (χ2v) is 5.54. The molecule has 0 atom stereocenters. The van der Waals surface area contributed by atoms with E-state index < -0.39 is 38.1 Å². The van der Waals surface area contributed by atoms with E-state index in [1.807, 2.05) is 4.72 Å². The largest absolute Gasteiger partial charge is 0.396 e. The Balaban J connectivity index is 2.47. The van der Waals surface area contributed by atoms with E-state index in [1.165, 1.54) is 12.1 Å². The monoisotopic (exact) mass is 302 g/mol. The molecule has 0 amide bonds. The number of hydrogen-bond donors (Lipinski definition) is 2. The lowest BCUT2D eigenvalue weighted by Crippen LogP contribution is -2.16. The van der Waals surface area contributed by atoms with Crippen molar-refractivity contribution in [1.29, 1.82) is 0 Å². The fourth-order valence-electron chi connectivity index (χ4n) is 1.49. The number of para-hydroxylation sites is 1. The number of benzene rings is 2. The standard InChI is InChI=1S/C12H9F3N2O2S/c13-7-3-1-2-4-11(7)17-20(18,19)12-6-10(16)8(14)5-9(12)15/h1-6,17H,16H2. The van der Waals surface area contributed by atoms with Gasteiger partial charge in [-0.15, -0.1) is 0 Å². The highest BCUT2D eigenvalue weighted by Crippen LogP contribution is 2.24. The SMILES string of the molecule is Nc1cc(S(=O)(=O)Nc2ccccc2F)c(F)cc1F. The molecule has 2 rings (SSSR count). The van der Waals surface area contributed by atoms with Crippen molar-refractivity contribution in [2.24, 2.45) is 0 Å². The summed E-state index contributed by atoms with van der Waals surface area (Å²) in [6.45, 7) is 0. The Labute approximate surface area is 113 Å². The summed E-state index contributed by atoms with van der Waals surface area (Å²) in [6, 6.07) is 5.95. The van der Waals surface area contributed by atoms with Gasteiger partial charge in [0.25, 0.3) is 10.0 Å². The summed E-state index contributed by atoms with van der Waals surface area (Å²) in [6.07, 6.45) is 0. The van der Waals surface area contributed by atoms with E-state index in [4.69, 9.17) is 5.73 Å². The van der Waals surface area contributed by atoms with Crippen LogP contribution in [0.1, 0.15) is 0 Å². The number of nitrogens with one attached hydrogen (secondary N) is 1. The van der Waals surface area contributed by atoms with Crippen LogP contribution in [0.3, 0.4) is 0 Å². The lowest BCUT2D eigenvalue weighted by molar-refractivity contribution is 0.552. The van der Waals surface area contributed by atoms with E-state index in [1.54, 1.807) is 0 Å². The Morgan fingerprint density at radius 3 is 2.25 bits per heavy atom. The van der Waals surface area contributed by atoms with Crippen molar-refractivity contribution >= 4 is 21.4 Å². The van der Waals surface area contributed by atoms with Gasteiger partial charge in [-0.3, -0.25) is 4.72 Å². The van der Waals surface area contributed by atoms with Crippen molar-refractivity contribution in [3.63, 3.8) is 0 Å². The van der Waals surface area contributed by atoms with Crippen molar-refractivity contribution in [2.45, 2.75) is 4.90 Å². The van der Waals surface area contributed by atoms with Crippen molar-refractivity contribution in [3.8, 4) is 0 Å². The predicted octanol–water partition coefficient (Wildman–Crippen LogP) is 2.49. The second-order valence-electron chi connectivity index (χ2n) is 3.89. The normalized spacial score (nSPS) is 11.3. The molecule has 0 radical (unpaired) electrons. The third-order valence-electron chi connectivity index (χ3n) is 2.46. The molecule has 0 aliphatic rings. The van der Waals surface area contributed by atoms with Gasteiger partial charge in [-0.1, -0.05) is 12.1 Å². The van der Waals surface area contributed by atoms with Crippen LogP contribution in [-0.2, 0) is 10.0 Å². The summed E-state index contributed by atoms with van der Waals surface area (Å²) in [4.78, 5) is -0.861. The second kappa shape index (κ2) is 5.04. The van der Waals surface area contributed by atoms with Crippen LogP contribution < -0.4 is 10.5 Å². The minimum absolute atomic E-state index is 0.352. The van der Waals surface area contributed by atoms with Crippen LogP contribution in [0.15, 0.2) is 41.3 Å². The summed E-state index contributed by atoms with van der Waals surface area (Å²) < 4.78 is 65.6. The lowest BCUT2D eigenvalue weighted by atomic mass is 10.3. The van der Waals surface area contributed by atoms with Gasteiger partial charge in [-0.05, 0) is 18.2 Å². The Bertz CT molecular complexity index is 763. The zero-order chi connectivity index (χ0) is 14.9. The highest BCUT2D eigenvalue weighted by Gasteiger charge is 2.22. The molecule has 0 aliphatic carbocycles. The van der Waals surface area contributed by atoms with Gasteiger partial charge in [-0.2, -0.15) is 0 Å². The first kappa shape index (κ1) is 14.2. The molecule has 2 aromatic carbocycles. The molecular formula is C12H9F3N2O2S. The van der Waals surface area contributed by atoms with E-state index >= 15 is 0 Å². The minimum atomic E-state index is -4.42. The van der Waals surface area contributed by atoms with Gasteiger partial charge in [0.1, 0.15) is 22.3 Å². The van der Waals surface area contributed by atoms with Crippen LogP contribution in [0.4, 0.5) is 24.5 Å². The molecule has 0 heterocycles. The number of nitrogens with two attached hydrogens (primary N) is 1. The summed E-state index contributed by atoms with van der Waals surface area (Å²) in [5.74, 6) is -3.22. The Morgan fingerprint density at radius 2 is 1.60 bits per heavy atom. The van der Waals surface area contributed by atoms with Gasteiger partial charge >= 0.3 is 0 Å². The fourth-order valence-corrected chi connectivity index (χ4v) is 2.66. The molecule has 0 saturated carbocycles. The van der Waals surface area contributed by atoms with E-state index in [-0.39, 0.29) is 5.69 Å². The molecule has 0 spiro atoms. The topological polar surface area (TPSA) is 72.2 Å². The molecule has 4 nitrogen and oxygen atoms in total. The average molecular weight is 302 g/mol.